The van der Waals surface area contributed by atoms with Crippen molar-refractivity contribution in [3.63, 3.8) is 0 Å². The zero-order chi connectivity index (χ0) is 22.7. The Balaban J connectivity index is 1.88. The van der Waals surface area contributed by atoms with Crippen molar-refractivity contribution in [3.8, 4) is 5.75 Å². The Hall–Kier alpha value is -2.97. The maximum absolute atomic E-state index is 14.5. The number of hydrogen-bond donors (Lipinski definition) is 1. The Kier molecular flexibility index (Phi) is 6.92. The summed E-state index contributed by atoms with van der Waals surface area (Å²) in [6.45, 7) is 0. The van der Waals surface area contributed by atoms with Gasteiger partial charge in [0, 0.05) is 12.0 Å². The van der Waals surface area contributed by atoms with Crippen LogP contribution in [0.4, 0.5) is 22.0 Å². The van der Waals surface area contributed by atoms with Crippen LogP contribution in [0.25, 0.3) is 0 Å². The third-order valence-corrected chi connectivity index (χ3v) is 5.64. The molecule has 3 unspecified atom stereocenters. The number of carboxylic acid groups (broad SMARTS) is 1. The minimum Gasteiger partial charge on any atom is -0.481 e. The molecule has 0 aliphatic heterocycles. The van der Waals surface area contributed by atoms with Crippen LogP contribution in [0.3, 0.4) is 0 Å². The van der Waals surface area contributed by atoms with Crippen LogP contribution in [0.1, 0.15) is 43.6 Å². The van der Waals surface area contributed by atoms with E-state index in [0.717, 1.165) is 0 Å². The van der Waals surface area contributed by atoms with Crippen molar-refractivity contribution in [3.05, 3.63) is 65.0 Å². The van der Waals surface area contributed by atoms with Crippen LogP contribution >= 0.6 is 0 Å². The molecule has 2 aromatic rings. The molecule has 3 atom stereocenters. The minimum absolute atomic E-state index is 0.00717. The number of carbonyl (C=O) groups excluding carboxylic acids is 1. The highest BCUT2D eigenvalue weighted by Gasteiger charge is 2.39. The van der Waals surface area contributed by atoms with Gasteiger partial charge >= 0.3 is 11.9 Å². The first-order valence-electron chi connectivity index (χ1n) is 9.70. The normalized spacial score (nSPS) is 19.3. The van der Waals surface area contributed by atoms with Gasteiger partial charge in [-0.05, 0) is 49.7 Å². The Labute approximate surface area is 174 Å². The fourth-order valence-electron chi connectivity index (χ4n) is 4.11. The van der Waals surface area contributed by atoms with Gasteiger partial charge in [-0.3, -0.25) is 9.59 Å². The van der Waals surface area contributed by atoms with E-state index in [2.05, 4.69) is 0 Å². The molecule has 1 N–H and O–H groups in total. The molecule has 31 heavy (non-hydrogen) atoms. The first-order valence-corrected chi connectivity index (χ1v) is 9.70. The van der Waals surface area contributed by atoms with Gasteiger partial charge in [0.2, 0.25) is 5.82 Å². The number of esters is 1. The molecular weight excluding hydrogens is 423 g/mol. The molecule has 1 aliphatic rings. The molecule has 0 radical (unpaired) electrons. The first-order chi connectivity index (χ1) is 14.7. The van der Waals surface area contributed by atoms with Gasteiger partial charge < -0.3 is 9.84 Å². The van der Waals surface area contributed by atoms with Gasteiger partial charge in [0.05, 0.1) is 5.92 Å². The van der Waals surface area contributed by atoms with Gasteiger partial charge in [0.15, 0.2) is 23.3 Å². The van der Waals surface area contributed by atoms with Crippen LogP contribution in [-0.2, 0) is 9.59 Å². The van der Waals surface area contributed by atoms with Crippen LogP contribution in [-0.4, -0.2) is 17.0 Å². The van der Waals surface area contributed by atoms with Gasteiger partial charge in [-0.15, -0.1) is 0 Å². The molecule has 3 rings (SSSR count). The molecular formula is C22H19F5O4. The van der Waals surface area contributed by atoms with E-state index in [1.165, 1.54) is 12.1 Å². The third kappa shape index (κ3) is 4.86. The van der Waals surface area contributed by atoms with Crippen LogP contribution < -0.4 is 4.74 Å². The number of carbonyl (C=O) groups is 2. The number of ether oxygens (including phenoxy) is 1. The molecule has 1 fully saturated rings. The molecule has 2 aromatic carbocycles. The van der Waals surface area contributed by atoms with E-state index in [0.29, 0.717) is 0 Å². The van der Waals surface area contributed by atoms with Gasteiger partial charge in [-0.1, -0.05) is 18.2 Å². The number of benzene rings is 2. The summed E-state index contributed by atoms with van der Waals surface area (Å²) in [5.74, 6) is -14.6. The van der Waals surface area contributed by atoms with Crippen LogP contribution in [0.5, 0.6) is 5.75 Å². The van der Waals surface area contributed by atoms with Crippen LogP contribution in [0.15, 0.2) is 30.3 Å². The Morgan fingerprint density at radius 2 is 1.52 bits per heavy atom. The largest absolute Gasteiger partial charge is 0.481 e. The minimum atomic E-state index is -2.27. The maximum Gasteiger partial charge on any atom is 0.311 e. The molecule has 0 saturated heterocycles. The van der Waals surface area contributed by atoms with Crippen molar-refractivity contribution >= 4 is 11.9 Å². The highest BCUT2D eigenvalue weighted by molar-refractivity contribution is 5.72. The van der Waals surface area contributed by atoms with Gasteiger partial charge in [0.1, 0.15) is 5.75 Å². The number of rotatable bonds is 7. The van der Waals surface area contributed by atoms with E-state index in [9.17, 15) is 36.6 Å². The molecule has 9 heteroatoms. The predicted molar refractivity (Wildman–Crippen MR) is 98.8 cm³/mol. The number of carboxylic acids is 1. The average Bonchev–Trinajstić information content (AvgIpc) is 3.24. The van der Waals surface area contributed by atoms with E-state index in [-0.39, 0.29) is 37.9 Å². The lowest BCUT2D eigenvalue weighted by Gasteiger charge is -2.25. The Bertz CT molecular complexity index is 951. The summed E-state index contributed by atoms with van der Waals surface area (Å²) in [7, 11) is 0. The number of halogens is 5. The van der Waals surface area contributed by atoms with Crippen molar-refractivity contribution < 1.29 is 41.4 Å². The molecule has 1 aliphatic carbocycles. The summed E-state index contributed by atoms with van der Waals surface area (Å²) in [6.07, 6.45) is -0.184. The zero-order valence-corrected chi connectivity index (χ0v) is 16.2. The number of para-hydroxylation sites is 1. The first kappa shape index (κ1) is 22.7. The van der Waals surface area contributed by atoms with Crippen molar-refractivity contribution in [2.75, 3.05) is 0 Å². The van der Waals surface area contributed by atoms with E-state index >= 15 is 0 Å². The lowest BCUT2D eigenvalue weighted by Crippen LogP contribution is -2.20. The second-order valence-corrected chi connectivity index (χ2v) is 7.52. The lowest BCUT2D eigenvalue weighted by atomic mass is 9.80. The highest BCUT2D eigenvalue weighted by Crippen LogP contribution is 2.45. The van der Waals surface area contributed by atoms with Crippen molar-refractivity contribution in [1.29, 1.82) is 0 Å². The average molecular weight is 442 g/mol. The Morgan fingerprint density at radius 3 is 2.06 bits per heavy atom. The SMILES string of the molecule is O=C(CCC(c1c(F)c(F)c(F)c(F)c1F)C1CCC(C(=O)O)C1)Oc1ccccc1. The lowest BCUT2D eigenvalue weighted by molar-refractivity contribution is -0.141. The molecule has 0 bridgehead atoms. The molecule has 1 saturated carbocycles. The second-order valence-electron chi connectivity index (χ2n) is 7.52. The van der Waals surface area contributed by atoms with E-state index < -0.39 is 64.3 Å². The predicted octanol–water partition coefficient (Wildman–Crippen LogP) is 5.35. The summed E-state index contributed by atoms with van der Waals surface area (Å²) in [5, 5.41) is 9.21. The summed E-state index contributed by atoms with van der Waals surface area (Å²) in [6, 6.07) is 8.01. The third-order valence-electron chi connectivity index (χ3n) is 5.64. The van der Waals surface area contributed by atoms with E-state index in [4.69, 9.17) is 4.74 Å². The second kappa shape index (κ2) is 9.45. The Morgan fingerprint density at radius 1 is 0.935 bits per heavy atom. The van der Waals surface area contributed by atoms with Crippen LogP contribution in [0, 0.1) is 40.9 Å². The molecule has 0 amide bonds. The highest BCUT2D eigenvalue weighted by atomic mass is 19.2. The number of aliphatic carboxylic acids is 1. The molecule has 0 heterocycles. The fourth-order valence-corrected chi connectivity index (χ4v) is 4.11. The summed E-state index contributed by atoms with van der Waals surface area (Å²) in [5.41, 5.74) is -1.01. The molecule has 0 aromatic heterocycles. The van der Waals surface area contributed by atoms with Gasteiger partial charge in [-0.2, -0.15) is 0 Å². The van der Waals surface area contributed by atoms with Gasteiger partial charge in [0.25, 0.3) is 0 Å². The van der Waals surface area contributed by atoms with E-state index in [1.54, 1.807) is 18.2 Å². The summed E-state index contributed by atoms with van der Waals surface area (Å²) < 4.78 is 75.2. The summed E-state index contributed by atoms with van der Waals surface area (Å²) in [4.78, 5) is 23.5. The zero-order valence-electron chi connectivity index (χ0n) is 16.2. The van der Waals surface area contributed by atoms with Crippen molar-refractivity contribution in [1.82, 2.24) is 0 Å². The maximum atomic E-state index is 14.5. The monoisotopic (exact) mass is 442 g/mol. The van der Waals surface area contributed by atoms with Crippen LogP contribution in [0.2, 0.25) is 0 Å². The molecule has 0 spiro atoms. The standard InChI is InChI=1S/C22H19F5O4/c23-17-16(18(24)20(26)21(27)19(17)25)14(11-6-7-12(10-11)22(29)30)8-9-15(28)31-13-4-2-1-3-5-13/h1-5,11-12,14H,6-10H2,(H,29,30). The quantitative estimate of drug-likeness (QED) is 0.206. The summed E-state index contributed by atoms with van der Waals surface area (Å²) >= 11 is 0. The molecule has 166 valence electrons. The fraction of sp³-hybridized carbons (Fsp3) is 0.364. The topological polar surface area (TPSA) is 63.6 Å². The van der Waals surface area contributed by atoms with Crippen molar-refractivity contribution in [2.45, 2.75) is 38.0 Å². The van der Waals surface area contributed by atoms with Gasteiger partial charge in [-0.25, -0.2) is 22.0 Å². The smallest absolute Gasteiger partial charge is 0.311 e. The van der Waals surface area contributed by atoms with Crippen molar-refractivity contribution in [2.24, 2.45) is 11.8 Å². The molecule has 4 nitrogen and oxygen atoms in total. The number of hydrogen-bond acceptors (Lipinski definition) is 3. The van der Waals surface area contributed by atoms with E-state index in [1.807, 2.05) is 0 Å².